The number of alkyl carbamates (subject to hydrolysis) is 1. The van der Waals surface area contributed by atoms with E-state index >= 15 is 0 Å². The quantitative estimate of drug-likeness (QED) is 0.0727. The van der Waals surface area contributed by atoms with Gasteiger partial charge in [-0.15, -0.1) is 20.2 Å². The molecule has 1 amide bonds. The van der Waals surface area contributed by atoms with Gasteiger partial charge >= 0.3 is 6.09 Å². The maximum absolute atomic E-state index is 11.2. The molecule has 0 fully saturated rings. The number of hydrogen-bond donors (Lipinski definition) is 4. The van der Waals surface area contributed by atoms with Crippen LogP contribution in [0.15, 0.2) is 0 Å². The lowest BCUT2D eigenvalue weighted by molar-refractivity contribution is -0.754. The Labute approximate surface area is 254 Å². The van der Waals surface area contributed by atoms with E-state index in [2.05, 4.69) is 21.9 Å². The van der Waals surface area contributed by atoms with E-state index < -0.39 is 29.0 Å². The minimum atomic E-state index is -0.999. The number of rotatable bonds is 18. The molecule has 2 unspecified atom stereocenters. The van der Waals surface area contributed by atoms with Crippen LogP contribution < -0.4 is 5.32 Å². The maximum Gasteiger partial charge on any atom is 0.407 e. The summed E-state index contributed by atoms with van der Waals surface area (Å²) in [6.07, 6.45) is 6.80. The van der Waals surface area contributed by atoms with Crippen LogP contribution in [0, 0.1) is 37.5 Å². The van der Waals surface area contributed by atoms with Gasteiger partial charge in [0, 0.05) is 25.5 Å². The molecule has 0 aromatic rings. The average molecular weight is 627 g/mol. The lowest BCUT2D eigenvalue weighted by Gasteiger charge is -2.19. The first kappa shape index (κ1) is 46.6. The van der Waals surface area contributed by atoms with E-state index in [9.17, 15) is 34.6 Å². The summed E-state index contributed by atoms with van der Waals surface area (Å²) in [6.45, 7) is 14.1. The predicted octanol–water partition coefficient (Wildman–Crippen LogP) is 4.09. The topological polar surface area (TPSA) is 242 Å². The second-order valence-corrected chi connectivity index (χ2v) is 10.9. The SMILES string of the molecule is CC(=N)CCCCC(C)CO.CC(=O)CO[N+](=O)[O-].CC(=O)CO[N+](=O)[O-].CC(CO)CCCCNC(=O)OC(C)(C)C. The van der Waals surface area contributed by atoms with Crippen LogP contribution in [0.25, 0.3) is 0 Å². The van der Waals surface area contributed by atoms with Gasteiger partial charge in [0.2, 0.25) is 0 Å². The number of unbranched alkanes of at least 4 members (excludes halogenated alkanes) is 2. The Hall–Kier alpha value is -3.40. The van der Waals surface area contributed by atoms with Gasteiger partial charge in [-0.25, -0.2) is 4.79 Å². The zero-order valence-corrected chi connectivity index (χ0v) is 27.0. The number of hydrogen-bond acceptors (Lipinski definition) is 13. The standard InChI is InChI=1S/C12H25NO3.C9H19NO.2C3H5NO4/c1-10(9-14)7-5-6-8-13-11(15)16-12(2,3)4;1-8(7-11)5-3-4-6-9(2)10;2*1-3(5)2-8-4(6)7/h10,14H,5-9H2,1-4H3,(H,13,15);8,10-11H,3-7H2,1-2H3;2*2H2,1H3. The van der Waals surface area contributed by atoms with Gasteiger partial charge in [-0.2, -0.15) is 0 Å². The number of nitrogens with zero attached hydrogens (tertiary/aromatic N) is 2. The Morgan fingerprint density at radius 1 is 0.814 bits per heavy atom. The Morgan fingerprint density at radius 2 is 1.21 bits per heavy atom. The van der Waals surface area contributed by atoms with Crippen LogP contribution in [0.4, 0.5) is 4.79 Å². The van der Waals surface area contributed by atoms with Gasteiger partial charge in [-0.1, -0.05) is 26.7 Å². The van der Waals surface area contributed by atoms with Crippen LogP contribution in [0.5, 0.6) is 0 Å². The van der Waals surface area contributed by atoms with Crippen molar-refractivity contribution in [2.75, 3.05) is 33.0 Å². The highest BCUT2D eigenvalue weighted by atomic mass is 17.0. The van der Waals surface area contributed by atoms with Crippen molar-refractivity contribution in [3.8, 4) is 0 Å². The summed E-state index contributed by atoms with van der Waals surface area (Å²) >= 11 is 0. The molecule has 0 aromatic carbocycles. The van der Waals surface area contributed by atoms with E-state index in [0.29, 0.717) is 25.0 Å². The fourth-order valence-electron chi connectivity index (χ4n) is 2.48. The van der Waals surface area contributed by atoms with Crippen molar-refractivity contribution in [2.24, 2.45) is 11.8 Å². The van der Waals surface area contributed by atoms with Crippen molar-refractivity contribution in [3.05, 3.63) is 20.2 Å². The van der Waals surface area contributed by atoms with Gasteiger partial charge < -0.3 is 35.4 Å². The van der Waals surface area contributed by atoms with Gasteiger partial charge in [0.1, 0.15) is 5.60 Å². The summed E-state index contributed by atoms with van der Waals surface area (Å²) in [5.74, 6) is 0.0611. The molecule has 0 aliphatic carbocycles. The third-order valence-corrected chi connectivity index (χ3v) is 4.66. The third-order valence-electron chi connectivity index (χ3n) is 4.66. The zero-order valence-electron chi connectivity index (χ0n) is 27.0. The van der Waals surface area contributed by atoms with Crippen LogP contribution in [-0.4, -0.2) is 82.3 Å². The number of aliphatic hydroxyl groups is 2. The van der Waals surface area contributed by atoms with Gasteiger partial charge in [0.15, 0.2) is 24.8 Å². The number of aliphatic hydroxyl groups excluding tert-OH is 2. The molecule has 0 saturated heterocycles. The summed E-state index contributed by atoms with van der Waals surface area (Å²) in [7, 11) is 0. The molecule has 16 nitrogen and oxygen atoms in total. The first-order valence-electron chi connectivity index (χ1n) is 14.0. The summed E-state index contributed by atoms with van der Waals surface area (Å²) in [6, 6.07) is 0. The van der Waals surface area contributed by atoms with E-state index in [0.717, 1.165) is 50.7 Å². The van der Waals surface area contributed by atoms with E-state index in [4.69, 9.17) is 20.4 Å². The number of amides is 1. The number of carbonyl (C=O) groups excluding carboxylic acids is 3. The van der Waals surface area contributed by atoms with E-state index in [-0.39, 0.29) is 24.3 Å². The van der Waals surface area contributed by atoms with Crippen molar-refractivity contribution < 1.29 is 49.2 Å². The maximum atomic E-state index is 11.2. The lowest BCUT2D eigenvalue weighted by Crippen LogP contribution is -2.33. The van der Waals surface area contributed by atoms with Crippen LogP contribution >= 0.6 is 0 Å². The van der Waals surface area contributed by atoms with Crippen LogP contribution in [-0.2, 0) is 24.0 Å². The number of ether oxygens (including phenoxy) is 1. The molecule has 16 heteroatoms. The molecule has 0 rings (SSSR count). The smallest absolute Gasteiger partial charge is 0.407 e. The van der Waals surface area contributed by atoms with Crippen LogP contribution in [0.1, 0.15) is 100 Å². The molecule has 43 heavy (non-hydrogen) atoms. The largest absolute Gasteiger partial charge is 0.444 e. The van der Waals surface area contributed by atoms with Gasteiger partial charge in [-0.3, -0.25) is 9.59 Å². The Balaban J connectivity index is -0.000000247. The molecule has 254 valence electrons. The van der Waals surface area contributed by atoms with Crippen molar-refractivity contribution >= 4 is 23.4 Å². The summed E-state index contributed by atoms with van der Waals surface area (Å²) in [5, 5.41) is 44.1. The fourth-order valence-corrected chi connectivity index (χ4v) is 2.48. The van der Waals surface area contributed by atoms with E-state index in [1.54, 1.807) is 0 Å². The monoisotopic (exact) mass is 626 g/mol. The highest BCUT2D eigenvalue weighted by Gasteiger charge is 2.15. The molecule has 0 bridgehead atoms. The average Bonchev–Trinajstić information content (AvgIpc) is 2.88. The zero-order chi connectivity index (χ0) is 34.4. The van der Waals surface area contributed by atoms with Crippen LogP contribution in [0.2, 0.25) is 0 Å². The predicted molar refractivity (Wildman–Crippen MR) is 160 cm³/mol. The van der Waals surface area contributed by atoms with Crippen molar-refractivity contribution in [2.45, 2.75) is 106 Å². The molecule has 0 aliphatic heterocycles. The van der Waals surface area contributed by atoms with Crippen LogP contribution in [0.3, 0.4) is 0 Å². The number of nitrogens with one attached hydrogen (secondary N) is 2. The van der Waals surface area contributed by atoms with Crippen molar-refractivity contribution in [3.63, 3.8) is 0 Å². The Bertz CT molecular complexity index is 732. The molecule has 0 spiro atoms. The summed E-state index contributed by atoms with van der Waals surface area (Å²) < 4.78 is 5.10. The first-order valence-corrected chi connectivity index (χ1v) is 14.0. The van der Waals surface area contributed by atoms with Crippen molar-refractivity contribution in [1.29, 1.82) is 5.41 Å². The number of Topliss-reactive ketones (excluding diaryl/α,β-unsaturated/α-hetero) is 2. The molecule has 0 saturated carbocycles. The van der Waals surface area contributed by atoms with Gasteiger partial charge in [-0.05, 0) is 85.5 Å². The van der Waals surface area contributed by atoms with Gasteiger partial charge in [0.25, 0.3) is 10.2 Å². The minimum absolute atomic E-state index is 0.236. The summed E-state index contributed by atoms with van der Waals surface area (Å²) in [4.78, 5) is 57.1. The van der Waals surface area contributed by atoms with E-state index in [1.807, 2.05) is 34.6 Å². The molecule has 2 atom stereocenters. The third kappa shape index (κ3) is 55.2. The molecule has 4 N–H and O–H groups in total. The normalized spacial score (nSPS) is 11.3. The second kappa shape index (κ2) is 30.1. The molecular weight excluding hydrogens is 572 g/mol. The fraction of sp³-hybridized carbons (Fsp3) is 0.852. The molecular formula is C27H54N4O12. The molecule has 0 heterocycles. The first-order chi connectivity index (χ1) is 19.8. The molecule has 0 radical (unpaired) electrons. The summed E-state index contributed by atoms with van der Waals surface area (Å²) in [5.41, 5.74) is 0.330. The van der Waals surface area contributed by atoms with Crippen molar-refractivity contribution in [1.82, 2.24) is 5.32 Å². The Kier molecular flexibility index (Phi) is 32.6. The minimum Gasteiger partial charge on any atom is -0.444 e. The highest BCUT2D eigenvalue weighted by molar-refractivity contribution is 5.78. The molecule has 0 aliphatic rings. The highest BCUT2D eigenvalue weighted by Crippen LogP contribution is 2.09. The lowest BCUT2D eigenvalue weighted by atomic mass is 10.0. The number of carbonyl (C=O) groups is 3. The number of ketones is 2. The molecule has 0 aromatic heterocycles. The van der Waals surface area contributed by atoms with E-state index in [1.165, 1.54) is 13.8 Å². The Morgan fingerprint density at radius 3 is 1.49 bits per heavy atom. The van der Waals surface area contributed by atoms with Gasteiger partial charge in [0.05, 0.1) is 0 Å². The second-order valence-electron chi connectivity index (χ2n) is 10.9.